The zero-order valence-corrected chi connectivity index (χ0v) is 19.4. The second-order valence-electron chi connectivity index (χ2n) is 8.80. The Labute approximate surface area is 202 Å². The quantitative estimate of drug-likeness (QED) is 0.372. The number of benzene rings is 2. The van der Waals surface area contributed by atoms with Gasteiger partial charge in [-0.05, 0) is 47.9 Å². The van der Waals surface area contributed by atoms with Gasteiger partial charge in [-0.25, -0.2) is 9.59 Å². The standard InChI is InChI=1S/C26H28N2O7/c1-2-34-25(32)23(24(31)27-16-11-15(12-16)13-22(29)30)28-26(33)35-14-21-19-9-5-3-7-17(19)18-8-4-6-10-20(18)21/h3-10,15-16,21,23H,2,11-14H2,1H3,(H,27,31)(H,28,33)(H,29,30). The molecule has 1 atom stereocenters. The Bertz CT molecular complexity index is 1080. The van der Waals surface area contributed by atoms with Gasteiger partial charge in [-0.2, -0.15) is 0 Å². The first-order valence-electron chi connectivity index (χ1n) is 11.7. The van der Waals surface area contributed by atoms with Crippen LogP contribution in [0.3, 0.4) is 0 Å². The third kappa shape index (κ3) is 5.45. The number of esters is 1. The number of carboxylic acids is 1. The summed E-state index contributed by atoms with van der Waals surface area (Å²) >= 11 is 0. The molecule has 0 saturated heterocycles. The van der Waals surface area contributed by atoms with E-state index in [0.717, 1.165) is 22.3 Å². The minimum atomic E-state index is -1.57. The molecule has 9 nitrogen and oxygen atoms in total. The van der Waals surface area contributed by atoms with Crippen molar-refractivity contribution in [3.8, 4) is 11.1 Å². The molecule has 3 N–H and O–H groups in total. The summed E-state index contributed by atoms with van der Waals surface area (Å²) in [5.41, 5.74) is 4.26. The van der Waals surface area contributed by atoms with Gasteiger partial charge in [0.05, 0.1) is 6.61 Å². The number of nitrogens with one attached hydrogen (secondary N) is 2. The Morgan fingerprint density at radius 2 is 1.57 bits per heavy atom. The molecular weight excluding hydrogens is 452 g/mol. The van der Waals surface area contributed by atoms with E-state index in [1.807, 2.05) is 48.5 Å². The van der Waals surface area contributed by atoms with Gasteiger partial charge in [0, 0.05) is 18.4 Å². The van der Waals surface area contributed by atoms with Crippen molar-refractivity contribution in [1.29, 1.82) is 0 Å². The van der Waals surface area contributed by atoms with Crippen molar-refractivity contribution in [1.82, 2.24) is 10.6 Å². The molecule has 9 heteroatoms. The van der Waals surface area contributed by atoms with Crippen molar-refractivity contribution in [2.75, 3.05) is 13.2 Å². The SMILES string of the molecule is CCOC(=O)C(NC(=O)OCC1c2ccccc2-c2ccccc21)C(=O)NC1CC(CC(=O)O)C1. The molecule has 0 radical (unpaired) electrons. The largest absolute Gasteiger partial charge is 0.481 e. The Balaban J connectivity index is 1.37. The maximum atomic E-state index is 12.7. The van der Waals surface area contributed by atoms with Gasteiger partial charge in [0.25, 0.3) is 5.91 Å². The number of hydrogen-bond acceptors (Lipinski definition) is 6. The molecule has 2 aliphatic rings. The minimum Gasteiger partial charge on any atom is -0.481 e. The van der Waals surface area contributed by atoms with E-state index < -0.39 is 30.0 Å². The zero-order chi connectivity index (χ0) is 24.9. The van der Waals surface area contributed by atoms with Crippen molar-refractivity contribution < 1.29 is 33.8 Å². The maximum absolute atomic E-state index is 12.7. The highest BCUT2D eigenvalue weighted by Gasteiger charge is 2.37. The van der Waals surface area contributed by atoms with Crippen LogP contribution < -0.4 is 10.6 Å². The summed E-state index contributed by atoms with van der Waals surface area (Å²) in [4.78, 5) is 48.5. The van der Waals surface area contributed by atoms with Crippen LogP contribution in [0.2, 0.25) is 0 Å². The highest BCUT2D eigenvalue weighted by atomic mass is 16.6. The van der Waals surface area contributed by atoms with Crippen LogP contribution in [0.1, 0.15) is 43.2 Å². The number of carbonyl (C=O) groups is 4. The number of carbonyl (C=O) groups excluding carboxylic acids is 3. The summed E-state index contributed by atoms with van der Waals surface area (Å²) < 4.78 is 10.4. The van der Waals surface area contributed by atoms with Crippen molar-refractivity contribution in [2.45, 2.75) is 44.2 Å². The fraction of sp³-hybridized carbons (Fsp3) is 0.385. The van der Waals surface area contributed by atoms with Crippen LogP contribution in [0, 0.1) is 5.92 Å². The third-order valence-electron chi connectivity index (χ3n) is 6.44. The van der Waals surface area contributed by atoms with Crippen molar-refractivity contribution in [2.24, 2.45) is 5.92 Å². The predicted octanol–water partition coefficient (Wildman–Crippen LogP) is 2.83. The van der Waals surface area contributed by atoms with Gasteiger partial charge in [0.1, 0.15) is 6.61 Å². The molecule has 184 valence electrons. The molecular formula is C26H28N2O7. The summed E-state index contributed by atoms with van der Waals surface area (Å²) in [6, 6.07) is 14.0. The van der Waals surface area contributed by atoms with Gasteiger partial charge in [0.2, 0.25) is 6.04 Å². The van der Waals surface area contributed by atoms with Crippen molar-refractivity contribution >= 4 is 23.9 Å². The Hall–Kier alpha value is -3.88. The second kappa shape index (κ2) is 10.6. The van der Waals surface area contributed by atoms with E-state index in [4.69, 9.17) is 14.6 Å². The summed E-state index contributed by atoms with van der Waals surface area (Å²) in [7, 11) is 0. The van der Waals surface area contributed by atoms with Crippen LogP contribution in [0.5, 0.6) is 0 Å². The number of carboxylic acid groups (broad SMARTS) is 1. The molecule has 35 heavy (non-hydrogen) atoms. The van der Waals surface area contributed by atoms with Crippen molar-refractivity contribution in [3.05, 3.63) is 59.7 Å². The Morgan fingerprint density at radius 3 is 2.14 bits per heavy atom. The van der Waals surface area contributed by atoms with Crippen LogP contribution in [0.25, 0.3) is 11.1 Å². The molecule has 0 spiro atoms. The average molecular weight is 481 g/mol. The molecule has 0 aliphatic heterocycles. The molecule has 2 aromatic rings. The van der Waals surface area contributed by atoms with E-state index in [-0.39, 0.29) is 37.5 Å². The Kier molecular flexibility index (Phi) is 7.33. The van der Waals surface area contributed by atoms with E-state index >= 15 is 0 Å². The lowest BCUT2D eigenvalue weighted by molar-refractivity contribution is -0.149. The van der Waals surface area contributed by atoms with Gasteiger partial charge in [-0.3, -0.25) is 14.9 Å². The van der Waals surface area contributed by atoms with Gasteiger partial charge >= 0.3 is 18.0 Å². The number of hydrogen-bond donors (Lipinski definition) is 3. The minimum absolute atomic E-state index is 0.0195. The zero-order valence-electron chi connectivity index (χ0n) is 19.4. The summed E-state index contributed by atoms with van der Waals surface area (Å²) in [5, 5.41) is 13.9. The molecule has 4 rings (SSSR count). The molecule has 2 amide bonds. The second-order valence-corrected chi connectivity index (χ2v) is 8.80. The molecule has 2 aromatic carbocycles. The average Bonchev–Trinajstić information content (AvgIpc) is 3.13. The fourth-order valence-corrected chi connectivity index (χ4v) is 4.77. The Morgan fingerprint density at radius 1 is 0.971 bits per heavy atom. The molecule has 2 aliphatic carbocycles. The van der Waals surface area contributed by atoms with E-state index in [1.54, 1.807) is 6.92 Å². The fourth-order valence-electron chi connectivity index (χ4n) is 4.77. The monoisotopic (exact) mass is 480 g/mol. The van der Waals surface area contributed by atoms with E-state index in [9.17, 15) is 19.2 Å². The number of alkyl carbamates (subject to hydrolysis) is 1. The van der Waals surface area contributed by atoms with Gasteiger partial charge < -0.3 is 19.9 Å². The summed E-state index contributed by atoms with van der Waals surface area (Å²) in [6.07, 6.45) is 0.125. The van der Waals surface area contributed by atoms with E-state index in [1.165, 1.54) is 0 Å². The lowest BCUT2D eigenvalue weighted by Crippen LogP contribution is -2.56. The molecule has 1 saturated carbocycles. The highest BCUT2D eigenvalue weighted by molar-refractivity contribution is 6.04. The first-order chi connectivity index (χ1) is 16.9. The van der Waals surface area contributed by atoms with Crippen LogP contribution in [-0.4, -0.2) is 54.3 Å². The molecule has 0 aromatic heterocycles. The number of fused-ring (bicyclic) bond motifs is 3. The highest BCUT2D eigenvalue weighted by Crippen LogP contribution is 2.44. The molecule has 1 unspecified atom stereocenters. The van der Waals surface area contributed by atoms with Crippen LogP contribution in [0.15, 0.2) is 48.5 Å². The summed E-state index contributed by atoms with van der Waals surface area (Å²) in [5.74, 6) is -2.67. The lowest BCUT2D eigenvalue weighted by Gasteiger charge is -2.35. The van der Waals surface area contributed by atoms with E-state index in [2.05, 4.69) is 10.6 Å². The van der Waals surface area contributed by atoms with Crippen LogP contribution >= 0.6 is 0 Å². The number of amides is 2. The number of ether oxygens (including phenoxy) is 2. The first-order valence-corrected chi connectivity index (χ1v) is 11.7. The third-order valence-corrected chi connectivity index (χ3v) is 6.44. The van der Waals surface area contributed by atoms with Crippen LogP contribution in [0.4, 0.5) is 4.79 Å². The van der Waals surface area contributed by atoms with Crippen molar-refractivity contribution in [3.63, 3.8) is 0 Å². The lowest BCUT2D eigenvalue weighted by atomic mass is 9.78. The smallest absolute Gasteiger partial charge is 0.408 e. The summed E-state index contributed by atoms with van der Waals surface area (Å²) in [6.45, 7) is 1.68. The normalized spacial score (nSPS) is 18.9. The predicted molar refractivity (Wildman–Crippen MR) is 126 cm³/mol. The van der Waals surface area contributed by atoms with Gasteiger partial charge in [-0.1, -0.05) is 48.5 Å². The topological polar surface area (TPSA) is 131 Å². The van der Waals surface area contributed by atoms with Gasteiger partial charge in [0.15, 0.2) is 0 Å². The molecule has 1 fully saturated rings. The molecule has 0 heterocycles. The van der Waals surface area contributed by atoms with Gasteiger partial charge in [-0.15, -0.1) is 0 Å². The van der Waals surface area contributed by atoms with E-state index in [0.29, 0.717) is 12.8 Å². The number of aliphatic carboxylic acids is 1. The van der Waals surface area contributed by atoms with Crippen LogP contribution in [-0.2, 0) is 23.9 Å². The molecule has 0 bridgehead atoms. The maximum Gasteiger partial charge on any atom is 0.408 e. The number of rotatable bonds is 9. The first kappa shape index (κ1) is 24.3.